The highest BCUT2D eigenvalue weighted by atomic mass is 35.5. The number of fused-ring (bicyclic) bond motifs is 5. The molecule has 8 aliphatic rings. The maximum atomic E-state index is 16.8. The summed E-state index contributed by atoms with van der Waals surface area (Å²) >= 11 is 6.52. The Morgan fingerprint density at radius 2 is 1.74 bits per heavy atom. The Labute approximate surface area is 440 Å². The van der Waals surface area contributed by atoms with Crippen LogP contribution in [-0.4, -0.2) is 100 Å². The van der Waals surface area contributed by atoms with Crippen LogP contribution in [0.15, 0.2) is 66.9 Å². The lowest BCUT2D eigenvalue weighted by atomic mass is 9.53. The molecule has 7 atom stereocenters. The number of ether oxygens (including phenoxy) is 1. The minimum absolute atomic E-state index is 0.00141. The Balaban J connectivity index is 0.792. The molecule has 19 heteroatoms. The number of carbonyl (C=O) groups excluding carboxylic acids is 6. The molecule has 4 aromatic rings. The Kier molecular flexibility index (Phi) is 11.6. The number of piperidine rings is 2. The van der Waals surface area contributed by atoms with E-state index in [1.807, 2.05) is 6.92 Å². The lowest BCUT2D eigenvalue weighted by Gasteiger charge is -2.52. The van der Waals surface area contributed by atoms with Gasteiger partial charge in [0.1, 0.15) is 29.4 Å². The predicted octanol–water partition coefficient (Wildman–Crippen LogP) is 8.16. The van der Waals surface area contributed by atoms with Crippen LogP contribution in [0.2, 0.25) is 5.02 Å². The molecule has 14 nitrogen and oxygen atoms in total. The molecule has 394 valence electrons. The highest BCUT2D eigenvalue weighted by molar-refractivity contribution is 6.30. The first-order valence-corrected chi connectivity index (χ1v) is 26.3. The number of imide groups is 2. The molecular formula is C57H54ClF4N7O7. The zero-order valence-corrected chi connectivity index (χ0v) is 42.7. The van der Waals surface area contributed by atoms with Gasteiger partial charge in [0.25, 0.3) is 17.7 Å². The highest BCUT2D eigenvalue weighted by Gasteiger charge is 2.70. The average Bonchev–Trinajstić information content (AvgIpc) is 3.80. The van der Waals surface area contributed by atoms with Gasteiger partial charge in [-0.15, -0.1) is 0 Å². The zero-order chi connectivity index (χ0) is 53.4. The molecule has 76 heavy (non-hydrogen) atoms. The summed E-state index contributed by atoms with van der Waals surface area (Å²) in [5.41, 5.74) is -1.15. The number of hydrogen-bond donors (Lipinski definition) is 3. The number of anilines is 2. The molecule has 7 heterocycles. The van der Waals surface area contributed by atoms with Crippen LogP contribution < -0.4 is 25.6 Å². The van der Waals surface area contributed by atoms with E-state index in [0.29, 0.717) is 66.9 Å². The number of halogens is 5. The Morgan fingerprint density at radius 1 is 0.961 bits per heavy atom. The van der Waals surface area contributed by atoms with E-state index in [2.05, 4.69) is 46.6 Å². The number of aromatic nitrogens is 1. The van der Waals surface area contributed by atoms with E-state index in [0.717, 1.165) is 30.2 Å². The highest BCUT2D eigenvalue weighted by Crippen LogP contribution is 2.65. The maximum absolute atomic E-state index is 16.8. The van der Waals surface area contributed by atoms with Crippen LogP contribution in [0.3, 0.4) is 0 Å². The molecular weight excluding hydrogens is 1010 g/mol. The summed E-state index contributed by atoms with van der Waals surface area (Å²) < 4.78 is 65.6. The first kappa shape index (κ1) is 50.0. The molecule has 3 N–H and O–H groups in total. The van der Waals surface area contributed by atoms with Crippen molar-refractivity contribution in [1.82, 2.24) is 25.4 Å². The lowest BCUT2D eigenvalue weighted by molar-refractivity contribution is -0.141. The fourth-order valence-corrected chi connectivity index (χ4v) is 14.4. The Hall–Kier alpha value is -6.84. The van der Waals surface area contributed by atoms with Crippen LogP contribution in [0.5, 0.6) is 5.75 Å². The van der Waals surface area contributed by atoms with Gasteiger partial charge in [0.05, 0.1) is 34.4 Å². The molecule has 1 aromatic heterocycles. The van der Waals surface area contributed by atoms with Crippen molar-refractivity contribution in [2.45, 2.75) is 120 Å². The number of alkyl halides is 3. The molecule has 12 rings (SSSR count). The quantitative estimate of drug-likeness (QED) is 0.103. The van der Waals surface area contributed by atoms with Gasteiger partial charge in [-0.05, 0) is 111 Å². The van der Waals surface area contributed by atoms with Crippen molar-refractivity contribution in [3.05, 3.63) is 117 Å². The van der Waals surface area contributed by atoms with Gasteiger partial charge >= 0.3 is 6.18 Å². The maximum Gasteiger partial charge on any atom is 0.433 e. The monoisotopic (exact) mass is 1060 g/mol. The molecule has 6 aliphatic heterocycles. The molecule has 2 saturated carbocycles. The van der Waals surface area contributed by atoms with Gasteiger partial charge in [0.15, 0.2) is 0 Å². The molecule has 0 radical (unpaired) electrons. The van der Waals surface area contributed by atoms with Crippen molar-refractivity contribution in [2.24, 2.45) is 16.7 Å². The number of amides is 6. The van der Waals surface area contributed by atoms with Crippen LogP contribution in [-0.2, 0) is 26.0 Å². The smallest absolute Gasteiger partial charge is 0.433 e. The number of nitrogens with zero attached hydrogens (tertiary/aromatic N) is 4. The molecule has 0 unspecified atom stereocenters. The van der Waals surface area contributed by atoms with E-state index in [-0.39, 0.29) is 81.9 Å². The zero-order valence-electron chi connectivity index (χ0n) is 42.0. The fourth-order valence-electron chi connectivity index (χ4n) is 14.2. The summed E-state index contributed by atoms with van der Waals surface area (Å²) in [5, 5.41) is 9.14. The van der Waals surface area contributed by atoms with E-state index in [1.54, 1.807) is 52.3 Å². The van der Waals surface area contributed by atoms with Gasteiger partial charge in [-0.1, -0.05) is 61.9 Å². The van der Waals surface area contributed by atoms with Crippen molar-refractivity contribution < 1.29 is 51.1 Å². The van der Waals surface area contributed by atoms with Gasteiger partial charge in [0, 0.05) is 77.4 Å². The van der Waals surface area contributed by atoms with Gasteiger partial charge < -0.3 is 19.9 Å². The number of rotatable bonds is 4. The Morgan fingerprint density at radius 3 is 2.49 bits per heavy atom. The normalized spacial score (nSPS) is 28.8. The van der Waals surface area contributed by atoms with Crippen molar-refractivity contribution in [2.75, 3.05) is 36.4 Å². The SMILES string of the molecule is C[C@@H]1CN(C(=O)[C@@H]2N[C@]3(CCCC(C)(C)C3)[C@@]3(CNc4cc(C(F)(F)F)ncc43)[C@H]2c2cccc(Cl)c2F)c2ccc(C(=O)N3CCC4(CC3)C[C@H]4C#Cc3cccc4c3C(=O)N([C@H]3CCC(=O)NC3=O)C4=O)cc2O1. The fraction of sp³-hybridized carbons (Fsp3) is 0.456. The van der Waals surface area contributed by atoms with E-state index in [4.69, 9.17) is 16.3 Å². The van der Waals surface area contributed by atoms with Crippen LogP contribution in [0, 0.1) is 34.4 Å². The summed E-state index contributed by atoms with van der Waals surface area (Å²) in [6.45, 7) is 7.25. The second-order valence-corrected chi connectivity index (χ2v) is 23.3. The van der Waals surface area contributed by atoms with E-state index >= 15 is 9.18 Å². The van der Waals surface area contributed by atoms with Crippen molar-refractivity contribution in [1.29, 1.82) is 0 Å². The largest absolute Gasteiger partial charge is 0.487 e. The summed E-state index contributed by atoms with van der Waals surface area (Å²) in [6, 6.07) is 13.4. The number of likely N-dealkylation sites (tertiary alicyclic amines) is 1. The summed E-state index contributed by atoms with van der Waals surface area (Å²) in [6.07, 6.45) is 0.979. The first-order chi connectivity index (χ1) is 36.1. The number of hydrogen-bond acceptors (Lipinski definition) is 10. The Bertz CT molecular complexity index is 3290. The van der Waals surface area contributed by atoms with E-state index in [9.17, 15) is 37.1 Å². The van der Waals surface area contributed by atoms with E-state index < -0.39 is 76.4 Å². The van der Waals surface area contributed by atoms with Gasteiger partial charge in [-0.25, -0.2) is 4.39 Å². The third-order valence-corrected chi connectivity index (χ3v) is 18.1. The van der Waals surface area contributed by atoms with Crippen LogP contribution in [0.1, 0.15) is 138 Å². The van der Waals surface area contributed by atoms with Gasteiger partial charge in [-0.2, -0.15) is 13.2 Å². The third kappa shape index (κ3) is 7.80. The molecule has 3 spiro atoms. The van der Waals surface area contributed by atoms with Gasteiger partial charge in [-0.3, -0.25) is 49.3 Å². The second-order valence-electron chi connectivity index (χ2n) is 22.9. The van der Waals surface area contributed by atoms with Crippen LogP contribution in [0.25, 0.3) is 0 Å². The first-order valence-electron chi connectivity index (χ1n) is 25.9. The van der Waals surface area contributed by atoms with Crippen LogP contribution in [0.4, 0.5) is 28.9 Å². The standard InChI is InChI=1S/C57H54ClF4N7O7/c1-30-27-68(52(75)47-45(35-9-5-10-37(58)46(35)59)56(55(66-47)18-6-17-53(2,3)28-55)29-64-38-24-42(57(60,61)62)63-26-36(38)56)39-14-12-32(23-41(39)76-30)49(72)67-21-19-54(20-22-67)25-33(54)13-11-31-7-4-8-34-44(31)51(74)69(50(34)73)40-15-16-43(70)65-48(40)71/h4-5,7-10,12,14,23-24,26,30,33,40,45,47,64,66H,6,15-22,25,27-29H2,1-3H3,(H,65,70,71)/t30-,33-,40+,45+,47-,55+,56-/m1/s1. The molecule has 0 bridgehead atoms. The van der Waals surface area contributed by atoms with Gasteiger partial charge in [0.2, 0.25) is 17.7 Å². The molecule has 3 aromatic carbocycles. The number of pyridine rings is 1. The topological polar surface area (TPSA) is 170 Å². The van der Waals surface area contributed by atoms with Crippen LogP contribution >= 0.6 is 11.6 Å². The molecule has 5 fully saturated rings. The van der Waals surface area contributed by atoms with E-state index in [1.165, 1.54) is 18.3 Å². The minimum atomic E-state index is -4.71. The summed E-state index contributed by atoms with van der Waals surface area (Å²) in [5.74, 6) is 2.19. The predicted molar refractivity (Wildman–Crippen MR) is 270 cm³/mol. The van der Waals surface area contributed by atoms with Crippen molar-refractivity contribution in [3.63, 3.8) is 0 Å². The van der Waals surface area contributed by atoms with Crippen molar-refractivity contribution in [3.8, 4) is 17.6 Å². The average molecular weight is 1060 g/mol. The number of carbonyl (C=O) groups is 6. The van der Waals surface area contributed by atoms with Crippen molar-refractivity contribution >= 4 is 58.4 Å². The second kappa shape index (κ2) is 17.6. The molecule has 3 saturated heterocycles. The lowest BCUT2D eigenvalue weighted by Crippen LogP contribution is -2.61. The minimum Gasteiger partial charge on any atom is -0.487 e. The molecule has 2 aliphatic carbocycles. The number of nitrogens with one attached hydrogen (secondary N) is 3. The number of benzene rings is 3. The summed E-state index contributed by atoms with van der Waals surface area (Å²) in [7, 11) is 0. The third-order valence-electron chi connectivity index (χ3n) is 17.8. The summed E-state index contributed by atoms with van der Waals surface area (Å²) in [4.78, 5) is 89.7. The molecule has 6 amide bonds.